The van der Waals surface area contributed by atoms with Crippen LogP contribution in [-0.4, -0.2) is 48.6 Å². The van der Waals surface area contributed by atoms with Gasteiger partial charge in [0.05, 0.1) is 0 Å². The van der Waals surface area contributed by atoms with Crippen LogP contribution in [0.1, 0.15) is 38.5 Å². The van der Waals surface area contributed by atoms with E-state index in [0.29, 0.717) is 24.3 Å². The van der Waals surface area contributed by atoms with Gasteiger partial charge in [-0.3, -0.25) is 0 Å². The largest absolute Gasteiger partial charge is 0.282 e. The second-order valence-corrected chi connectivity index (χ2v) is 8.38. The molecule has 3 unspecified atom stereocenters. The summed E-state index contributed by atoms with van der Waals surface area (Å²) in [6.45, 7) is 2.11. The Kier molecular flexibility index (Phi) is 4.09. The van der Waals surface area contributed by atoms with Crippen molar-refractivity contribution in [1.29, 1.82) is 0 Å². The molecule has 0 aromatic heterocycles. The maximum Gasteiger partial charge on any atom is 0.282 e. The highest BCUT2D eigenvalue weighted by molar-refractivity contribution is 7.86. The highest BCUT2D eigenvalue weighted by atomic mass is 35.5. The lowest BCUT2D eigenvalue weighted by Crippen LogP contribution is -2.50. The van der Waals surface area contributed by atoms with E-state index in [0.717, 1.165) is 32.4 Å². The van der Waals surface area contributed by atoms with Crippen molar-refractivity contribution in [3.8, 4) is 0 Å². The molecule has 3 aliphatic rings. The van der Waals surface area contributed by atoms with Gasteiger partial charge in [-0.15, -0.1) is 11.6 Å². The lowest BCUT2D eigenvalue weighted by Gasteiger charge is -2.36. The molecule has 0 bridgehead atoms. The van der Waals surface area contributed by atoms with Crippen molar-refractivity contribution in [2.75, 3.05) is 25.5 Å². The molecule has 1 aliphatic carbocycles. The van der Waals surface area contributed by atoms with Crippen LogP contribution in [0.3, 0.4) is 0 Å². The Bertz CT molecular complexity index is 416. The summed E-state index contributed by atoms with van der Waals surface area (Å²) in [6.07, 6.45) is 6.65. The third-order valence-corrected chi connectivity index (χ3v) is 7.45. The summed E-state index contributed by atoms with van der Waals surface area (Å²) in [5.74, 6) is 1.63. The van der Waals surface area contributed by atoms with Crippen LogP contribution < -0.4 is 0 Å². The Balaban J connectivity index is 1.75. The molecule has 3 atom stereocenters. The second kappa shape index (κ2) is 5.51. The summed E-state index contributed by atoms with van der Waals surface area (Å²) in [5, 5.41) is 0. The highest BCUT2D eigenvalue weighted by Gasteiger charge is 2.44. The fraction of sp³-hybridized carbons (Fsp3) is 1.00. The minimum atomic E-state index is -3.28. The monoisotopic (exact) mass is 306 g/mol. The highest BCUT2D eigenvalue weighted by Crippen LogP contribution is 2.39. The van der Waals surface area contributed by atoms with Gasteiger partial charge in [0.15, 0.2) is 0 Å². The molecule has 0 radical (unpaired) electrons. The third-order valence-electron chi connectivity index (χ3n) is 5.07. The maximum absolute atomic E-state index is 12.8. The zero-order valence-corrected chi connectivity index (χ0v) is 12.9. The Labute approximate surface area is 121 Å². The second-order valence-electron chi connectivity index (χ2n) is 6.19. The first kappa shape index (κ1) is 14.1. The lowest BCUT2D eigenvalue weighted by molar-refractivity contribution is 0.250. The molecule has 2 heterocycles. The summed E-state index contributed by atoms with van der Waals surface area (Å²) in [4.78, 5) is 0. The van der Waals surface area contributed by atoms with Crippen molar-refractivity contribution < 1.29 is 8.42 Å². The maximum atomic E-state index is 12.8. The number of hydrogen-bond donors (Lipinski definition) is 0. The van der Waals surface area contributed by atoms with Gasteiger partial charge < -0.3 is 0 Å². The SMILES string of the molecule is O=S(=O)(N1CC2CCCC2C1)N1CCCCC1CCl. The van der Waals surface area contributed by atoms with Crippen molar-refractivity contribution in [2.24, 2.45) is 11.8 Å². The Hall–Kier alpha value is 0.160. The molecule has 19 heavy (non-hydrogen) atoms. The van der Waals surface area contributed by atoms with Crippen molar-refractivity contribution in [3.05, 3.63) is 0 Å². The van der Waals surface area contributed by atoms with Crippen LogP contribution in [-0.2, 0) is 10.2 Å². The quantitative estimate of drug-likeness (QED) is 0.749. The fourth-order valence-electron chi connectivity index (χ4n) is 3.96. The zero-order valence-electron chi connectivity index (χ0n) is 11.3. The molecule has 3 fully saturated rings. The smallest absolute Gasteiger partial charge is 0.195 e. The van der Waals surface area contributed by atoms with E-state index in [1.54, 1.807) is 8.61 Å². The molecule has 3 rings (SSSR count). The summed E-state index contributed by atoms with van der Waals surface area (Å²) >= 11 is 5.96. The Morgan fingerprint density at radius 3 is 2.32 bits per heavy atom. The standard InChI is InChI=1S/C13H23ClN2O2S/c14-8-13-6-1-2-7-16(13)19(17,18)15-9-11-4-3-5-12(11)10-15/h11-13H,1-10H2. The van der Waals surface area contributed by atoms with Crippen LogP contribution in [0.25, 0.3) is 0 Å². The van der Waals surface area contributed by atoms with Crippen LogP contribution >= 0.6 is 11.6 Å². The first-order valence-electron chi connectivity index (χ1n) is 7.46. The number of hydrogen-bond acceptors (Lipinski definition) is 2. The van der Waals surface area contributed by atoms with Gasteiger partial charge in [-0.25, -0.2) is 0 Å². The third kappa shape index (κ3) is 2.55. The van der Waals surface area contributed by atoms with Crippen LogP contribution in [0.15, 0.2) is 0 Å². The summed E-state index contributed by atoms with van der Waals surface area (Å²) in [7, 11) is -3.28. The molecular weight excluding hydrogens is 284 g/mol. The van der Waals surface area contributed by atoms with Gasteiger partial charge in [0.1, 0.15) is 0 Å². The number of nitrogens with zero attached hydrogens (tertiary/aromatic N) is 2. The van der Waals surface area contributed by atoms with Gasteiger partial charge >= 0.3 is 0 Å². The van der Waals surface area contributed by atoms with Crippen molar-refractivity contribution in [1.82, 2.24) is 8.61 Å². The molecule has 4 nitrogen and oxygen atoms in total. The van der Waals surface area contributed by atoms with Crippen molar-refractivity contribution in [3.63, 3.8) is 0 Å². The van der Waals surface area contributed by atoms with E-state index in [2.05, 4.69) is 0 Å². The molecule has 1 saturated carbocycles. The Morgan fingerprint density at radius 1 is 1.00 bits per heavy atom. The van der Waals surface area contributed by atoms with Crippen molar-refractivity contribution >= 4 is 21.8 Å². The molecule has 110 valence electrons. The average Bonchev–Trinajstić information content (AvgIpc) is 2.99. The van der Waals surface area contributed by atoms with Gasteiger partial charge in [0.25, 0.3) is 10.2 Å². The van der Waals surface area contributed by atoms with Crippen molar-refractivity contribution in [2.45, 2.75) is 44.6 Å². The molecule has 2 saturated heterocycles. The number of halogens is 1. The number of fused-ring (bicyclic) bond motifs is 1. The lowest BCUT2D eigenvalue weighted by atomic mass is 10.0. The molecule has 0 spiro atoms. The average molecular weight is 307 g/mol. The first-order chi connectivity index (χ1) is 9.13. The van der Waals surface area contributed by atoms with Gasteiger partial charge in [0.2, 0.25) is 0 Å². The summed E-state index contributed by atoms with van der Waals surface area (Å²) in [5.41, 5.74) is 0. The van der Waals surface area contributed by atoms with E-state index in [9.17, 15) is 8.42 Å². The van der Waals surface area contributed by atoms with Gasteiger partial charge in [-0.2, -0.15) is 17.0 Å². The number of piperidine rings is 1. The molecule has 0 amide bonds. The number of alkyl halides is 1. The van der Waals surface area contributed by atoms with Gasteiger partial charge in [0, 0.05) is 31.6 Å². The normalized spacial score (nSPS) is 37.6. The fourth-order valence-corrected chi connectivity index (χ4v) is 6.34. The predicted octanol–water partition coefficient (Wildman–Crippen LogP) is 2.06. The van der Waals surface area contributed by atoms with E-state index in [1.807, 2.05) is 0 Å². The van der Waals surface area contributed by atoms with E-state index >= 15 is 0 Å². The molecular formula is C13H23ClN2O2S. The summed E-state index contributed by atoms with van der Waals surface area (Å²) in [6, 6.07) is 0.000794. The molecule has 2 aliphatic heterocycles. The molecule has 0 aromatic rings. The minimum Gasteiger partial charge on any atom is -0.195 e. The minimum absolute atomic E-state index is 0.000794. The Morgan fingerprint density at radius 2 is 1.68 bits per heavy atom. The van der Waals surface area contributed by atoms with Crippen LogP contribution in [0.5, 0.6) is 0 Å². The number of rotatable bonds is 3. The molecule has 0 N–H and O–H groups in total. The van der Waals surface area contributed by atoms with E-state index in [1.165, 1.54) is 19.3 Å². The van der Waals surface area contributed by atoms with E-state index < -0.39 is 10.2 Å². The van der Waals surface area contributed by atoms with E-state index in [-0.39, 0.29) is 6.04 Å². The van der Waals surface area contributed by atoms with Gasteiger partial charge in [-0.1, -0.05) is 12.8 Å². The summed E-state index contributed by atoms with van der Waals surface area (Å²) < 4.78 is 29.0. The molecule has 0 aromatic carbocycles. The predicted molar refractivity (Wildman–Crippen MR) is 76.4 cm³/mol. The van der Waals surface area contributed by atoms with Crippen LogP contribution in [0, 0.1) is 11.8 Å². The zero-order chi connectivity index (χ0) is 13.5. The van der Waals surface area contributed by atoms with Gasteiger partial charge in [-0.05, 0) is 37.5 Å². The van der Waals surface area contributed by atoms with Crippen LogP contribution in [0.2, 0.25) is 0 Å². The van der Waals surface area contributed by atoms with Crippen LogP contribution in [0.4, 0.5) is 0 Å². The molecule has 6 heteroatoms. The van der Waals surface area contributed by atoms with E-state index in [4.69, 9.17) is 11.6 Å². The topological polar surface area (TPSA) is 40.6 Å². The first-order valence-corrected chi connectivity index (χ1v) is 9.39.